The fraction of sp³-hybridized carbons (Fsp3) is 0.111. The maximum atomic E-state index is 10.9. The Balaban J connectivity index is 1.84. The minimum atomic E-state index is -0.406. The molecule has 120 valence electrons. The van der Waals surface area contributed by atoms with E-state index in [9.17, 15) is 10.1 Å². The van der Waals surface area contributed by atoms with Crippen molar-refractivity contribution >= 4 is 28.6 Å². The molecule has 0 bridgehead atoms. The number of non-ortho nitro benzene ring substituents is 1. The molecule has 3 aromatic rings. The number of nitro benzene ring substituents is 1. The molecule has 6 heteroatoms. The van der Waals surface area contributed by atoms with Crippen molar-refractivity contribution in [3.8, 4) is 0 Å². The molecular weight excluding hydrogens is 304 g/mol. The van der Waals surface area contributed by atoms with Gasteiger partial charge in [0, 0.05) is 17.5 Å². The highest BCUT2D eigenvalue weighted by Gasteiger charge is 2.09. The third-order valence-corrected chi connectivity index (χ3v) is 3.68. The Kier molecular flexibility index (Phi) is 4.20. The van der Waals surface area contributed by atoms with Crippen LogP contribution in [-0.4, -0.2) is 16.1 Å². The van der Waals surface area contributed by atoms with Gasteiger partial charge in [-0.1, -0.05) is 29.8 Å². The van der Waals surface area contributed by atoms with Gasteiger partial charge in [-0.3, -0.25) is 15.5 Å². The summed E-state index contributed by atoms with van der Waals surface area (Å²) < 4.78 is 0. The highest BCUT2D eigenvalue weighted by molar-refractivity contribution is 5.86. The molecule has 1 N–H and O–H groups in total. The predicted molar refractivity (Wildman–Crippen MR) is 95.5 cm³/mol. The fourth-order valence-electron chi connectivity index (χ4n) is 2.38. The predicted octanol–water partition coefficient (Wildman–Crippen LogP) is 4.21. The minimum Gasteiger partial charge on any atom is -0.261 e. The zero-order valence-corrected chi connectivity index (χ0v) is 13.4. The van der Waals surface area contributed by atoms with Crippen LogP contribution < -0.4 is 5.43 Å². The van der Waals surface area contributed by atoms with Gasteiger partial charge < -0.3 is 0 Å². The molecule has 0 unspecified atom stereocenters. The highest BCUT2D eigenvalue weighted by atomic mass is 16.6. The van der Waals surface area contributed by atoms with Crippen LogP contribution >= 0.6 is 0 Å². The van der Waals surface area contributed by atoms with E-state index >= 15 is 0 Å². The SMILES string of the molecule is Cc1ccc(C=NNc2cc(C)c3cc([N+](=O)[O-])ccc3n2)cc1. The largest absolute Gasteiger partial charge is 0.270 e. The number of aromatic nitrogens is 1. The molecule has 1 heterocycles. The number of hydrogen-bond donors (Lipinski definition) is 1. The van der Waals surface area contributed by atoms with Crippen LogP contribution in [0.4, 0.5) is 11.5 Å². The second kappa shape index (κ2) is 6.45. The number of nitrogens with one attached hydrogen (secondary N) is 1. The first-order chi connectivity index (χ1) is 11.5. The first kappa shape index (κ1) is 15.6. The van der Waals surface area contributed by atoms with Gasteiger partial charge in [-0.05, 0) is 37.1 Å². The second-order valence-electron chi connectivity index (χ2n) is 5.56. The lowest BCUT2D eigenvalue weighted by molar-refractivity contribution is -0.384. The Morgan fingerprint density at radius 1 is 1.12 bits per heavy atom. The van der Waals surface area contributed by atoms with Gasteiger partial charge in [0.05, 0.1) is 16.7 Å². The lowest BCUT2D eigenvalue weighted by Gasteiger charge is -2.06. The molecular formula is C18H16N4O2. The molecule has 6 nitrogen and oxygen atoms in total. The van der Waals surface area contributed by atoms with E-state index in [1.807, 2.05) is 44.2 Å². The van der Waals surface area contributed by atoms with Crippen molar-refractivity contribution in [2.24, 2.45) is 5.10 Å². The molecule has 1 aromatic heterocycles. The van der Waals surface area contributed by atoms with Gasteiger partial charge >= 0.3 is 0 Å². The van der Waals surface area contributed by atoms with Crippen molar-refractivity contribution in [1.29, 1.82) is 0 Å². The second-order valence-corrected chi connectivity index (χ2v) is 5.56. The number of nitro groups is 1. The number of aryl methyl sites for hydroxylation is 2. The first-order valence-corrected chi connectivity index (χ1v) is 7.44. The van der Waals surface area contributed by atoms with Crippen molar-refractivity contribution in [2.45, 2.75) is 13.8 Å². The normalized spacial score (nSPS) is 11.1. The number of nitrogens with zero attached hydrogens (tertiary/aromatic N) is 3. The topological polar surface area (TPSA) is 80.4 Å². The number of hydrazone groups is 1. The molecule has 24 heavy (non-hydrogen) atoms. The van der Waals surface area contributed by atoms with Crippen LogP contribution in [0.2, 0.25) is 0 Å². The zero-order chi connectivity index (χ0) is 17.1. The van der Waals surface area contributed by atoms with Crippen molar-refractivity contribution in [2.75, 3.05) is 5.43 Å². The molecule has 0 spiro atoms. The molecule has 0 saturated carbocycles. The summed E-state index contributed by atoms with van der Waals surface area (Å²) in [5.74, 6) is 0.595. The van der Waals surface area contributed by atoms with Gasteiger partial charge in [0.1, 0.15) is 5.82 Å². The van der Waals surface area contributed by atoms with Crippen LogP contribution in [0, 0.1) is 24.0 Å². The van der Waals surface area contributed by atoms with Crippen LogP contribution in [0.5, 0.6) is 0 Å². The summed E-state index contributed by atoms with van der Waals surface area (Å²) >= 11 is 0. The summed E-state index contributed by atoms with van der Waals surface area (Å²) in [5.41, 5.74) is 6.73. The van der Waals surface area contributed by atoms with E-state index in [1.165, 1.54) is 17.7 Å². The van der Waals surface area contributed by atoms with Crippen molar-refractivity contribution in [3.63, 3.8) is 0 Å². The van der Waals surface area contributed by atoms with Gasteiger partial charge in [0.25, 0.3) is 5.69 Å². The highest BCUT2D eigenvalue weighted by Crippen LogP contribution is 2.24. The number of benzene rings is 2. The maximum absolute atomic E-state index is 10.9. The molecule has 2 aromatic carbocycles. The molecule has 0 saturated heterocycles. The average Bonchev–Trinajstić information content (AvgIpc) is 2.56. The number of pyridine rings is 1. The van der Waals surface area contributed by atoms with Gasteiger partial charge in [-0.15, -0.1) is 0 Å². The molecule has 0 aliphatic rings. The molecule has 0 fully saturated rings. The third kappa shape index (κ3) is 3.38. The van der Waals surface area contributed by atoms with Gasteiger partial charge in [-0.2, -0.15) is 5.10 Å². The lowest BCUT2D eigenvalue weighted by atomic mass is 10.1. The molecule has 0 amide bonds. The van der Waals surface area contributed by atoms with E-state index in [0.717, 1.165) is 16.5 Å². The van der Waals surface area contributed by atoms with Crippen LogP contribution in [-0.2, 0) is 0 Å². The van der Waals surface area contributed by atoms with Crippen molar-refractivity contribution in [3.05, 3.63) is 75.3 Å². The maximum Gasteiger partial charge on any atom is 0.270 e. The van der Waals surface area contributed by atoms with E-state index < -0.39 is 4.92 Å². The van der Waals surface area contributed by atoms with Crippen LogP contribution in [0.25, 0.3) is 10.9 Å². The Morgan fingerprint density at radius 3 is 2.58 bits per heavy atom. The first-order valence-electron chi connectivity index (χ1n) is 7.44. The smallest absolute Gasteiger partial charge is 0.261 e. The van der Waals surface area contributed by atoms with Crippen LogP contribution in [0.3, 0.4) is 0 Å². The van der Waals surface area contributed by atoms with Crippen molar-refractivity contribution < 1.29 is 4.92 Å². The molecule has 0 atom stereocenters. The monoisotopic (exact) mass is 320 g/mol. The number of anilines is 1. The number of fused-ring (bicyclic) bond motifs is 1. The van der Waals surface area contributed by atoms with Crippen LogP contribution in [0.1, 0.15) is 16.7 Å². The van der Waals surface area contributed by atoms with E-state index in [-0.39, 0.29) is 5.69 Å². The molecule has 0 radical (unpaired) electrons. The minimum absolute atomic E-state index is 0.0606. The Labute approximate surface area is 139 Å². The summed E-state index contributed by atoms with van der Waals surface area (Å²) in [6.07, 6.45) is 1.72. The Morgan fingerprint density at radius 2 is 1.88 bits per heavy atom. The zero-order valence-electron chi connectivity index (χ0n) is 13.4. The fourth-order valence-corrected chi connectivity index (χ4v) is 2.38. The van der Waals surface area contributed by atoms with E-state index in [4.69, 9.17) is 0 Å². The van der Waals surface area contributed by atoms with E-state index in [1.54, 1.807) is 12.3 Å². The summed E-state index contributed by atoms with van der Waals surface area (Å²) in [6.45, 7) is 3.92. The molecule has 3 rings (SSSR count). The van der Waals surface area contributed by atoms with Gasteiger partial charge in [0.15, 0.2) is 0 Å². The summed E-state index contributed by atoms with van der Waals surface area (Å²) in [6, 6.07) is 14.5. The van der Waals surface area contributed by atoms with Crippen LogP contribution in [0.15, 0.2) is 53.6 Å². The Hall–Kier alpha value is -3.28. The summed E-state index contributed by atoms with van der Waals surface area (Å²) in [7, 11) is 0. The average molecular weight is 320 g/mol. The molecule has 0 aliphatic heterocycles. The summed E-state index contributed by atoms with van der Waals surface area (Å²) in [5, 5.41) is 15.8. The number of hydrogen-bond acceptors (Lipinski definition) is 5. The third-order valence-electron chi connectivity index (χ3n) is 3.68. The Bertz CT molecular complexity index is 934. The lowest BCUT2D eigenvalue weighted by Crippen LogP contribution is -1.96. The number of rotatable bonds is 4. The van der Waals surface area contributed by atoms with Gasteiger partial charge in [0.2, 0.25) is 0 Å². The van der Waals surface area contributed by atoms with E-state index in [0.29, 0.717) is 11.3 Å². The van der Waals surface area contributed by atoms with Gasteiger partial charge in [-0.25, -0.2) is 4.98 Å². The van der Waals surface area contributed by atoms with E-state index in [2.05, 4.69) is 15.5 Å². The standard InChI is InChI=1S/C18H16N4O2/c1-12-3-5-14(6-4-12)11-19-21-18-9-13(2)16-10-15(22(23)24)7-8-17(16)20-18/h3-11H,1-2H3,(H,20,21). The molecule has 0 aliphatic carbocycles. The van der Waals surface area contributed by atoms with Crippen molar-refractivity contribution in [1.82, 2.24) is 4.98 Å². The summed E-state index contributed by atoms with van der Waals surface area (Å²) in [4.78, 5) is 14.9. The quantitative estimate of drug-likeness (QED) is 0.443.